The monoisotopic (exact) mass is 369 g/mol. The molecule has 3 rings (SSSR count). The molecule has 0 unspecified atom stereocenters. The fourth-order valence-electron chi connectivity index (χ4n) is 3.10. The number of thiazole rings is 1. The number of nitrogens with one attached hydrogen (secondary N) is 3. The predicted molar refractivity (Wildman–Crippen MR) is 111 cm³/mol. The Bertz CT molecular complexity index is 877. The van der Waals surface area contributed by atoms with Gasteiger partial charge in [-0.1, -0.05) is 25.1 Å². The zero-order chi connectivity index (χ0) is 18.4. The second kappa shape index (κ2) is 8.85. The lowest BCUT2D eigenvalue weighted by Gasteiger charge is -2.11. The first-order valence-electron chi connectivity index (χ1n) is 9.15. The number of hydrogen-bond donors (Lipinski definition) is 3. The van der Waals surface area contributed by atoms with Crippen molar-refractivity contribution in [2.24, 2.45) is 4.99 Å². The molecular weight excluding hydrogens is 342 g/mol. The summed E-state index contributed by atoms with van der Waals surface area (Å²) in [6.07, 6.45) is 4.92. The van der Waals surface area contributed by atoms with Gasteiger partial charge in [0.05, 0.1) is 5.01 Å². The molecular formula is C20H27N5S. The quantitative estimate of drug-likeness (QED) is 0.441. The fraction of sp³-hybridized carbons (Fsp3) is 0.400. The van der Waals surface area contributed by atoms with Gasteiger partial charge in [0.2, 0.25) is 0 Å². The van der Waals surface area contributed by atoms with Gasteiger partial charge in [-0.3, -0.25) is 4.99 Å². The van der Waals surface area contributed by atoms with Crippen LogP contribution in [0.4, 0.5) is 0 Å². The lowest BCUT2D eigenvalue weighted by Crippen LogP contribution is -2.39. The van der Waals surface area contributed by atoms with Crippen molar-refractivity contribution in [2.75, 3.05) is 20.1 Å². The maximum atomic E-state index is 4.46. The van der Waals surface area contributed by atoms with Crippen molar-refractivity contribution in [3.05, 3.63) is 51.6 Å². The topological polar surface area (TPSA) is 65.1 Å². The number of guanidine groups is 1. The maximum Gasteiger partial charge on any atom is 0.191 e. The van der Waals surface area contributed by atoms with Crippen LogP contribution in [0, 0.1) is 6.92 Å². The van der Waals surface area contributed by atoms with Gasteiger partial charge in [-0.2, -0.15) is 0 Å². The number of nitrogens with zero attached hydrogens (tertiary/aromatic N) is 2. The Balaban J connectivity index is 1.47. The highest BCUT2D eigenvalue weighted by Gasteiger charge is 2.08. The Kier molecular flexibility index (Phi) is 6.28. The molecule has 0 fully saturated rings. The van der Waals surface area contributed by atoms with E-state index in [0.29, 0.717) is 0 Å². The number of aromatic amines is 1. The molecule has 0 atom stereocenters. The first-order chi connectivity index (χ1) is 12.7. The zero-order valence-electron chi connectivity index (χ0n) is 15.7. The highest BCUT2D eigenvalue weighted by Crippen LogP contribution is 2.21. The van der Waals surface area contributed by atoms with E-state index < -0.39 is 0 Å². The largest absolute Gasteiger partial charge is 0.358 e. The summed E-state index contributed by atoms with van der Waals surface area (Å²) in [6, 6.07) is 8.47. The SMILES string of the molecule is CCc1cnc(CCNC(=NC)NCCc2c(C)[nH]c3ccccc23)s1. The normalized spacial score (nSPS) is 11.9. The third-order valence-electron chi connectivity index (χ3n) is 4.50. The van der Waals surface area contributed by atoms with Crippen molar-refractivity contribution < 1.29 is 0 Å². The van der Waals surface area contributed by atoms with Gasteiger partial charge in [-0.25, -0.2) is 4.98 Å². The van der Waals surface area contributed by atoms with Gasteiger partial charge in [-0.05, 0) is 31.4 Å². The van der Waals surface area contributed by atoms with Gasteiger partial charge >= 0.3 is 0 Å². The Hall–Kier alpha value is -2.34. The molecule has 2 heterocycles. The Labute approximate surface area is 159 Å². The Morgan fingerprint density at radius 3 is 2.69 bits per heavy atom. The van der Waals surface area contributed by atoms with E-state index in [1.54, 1.807) is 11.3 Å². The van der Waals surface area contributed by atoms with E-state index in [0.717, 1.165) is 38.3 Å². The van der Waals surface area contributed by atoms with Gasteiger partial charge in [0.15, 0.2) is 5.96 Å². The summed E-state index contributed by atoms with van der Waals surface area (Å²) in [7, 11) is 1.81. The van der Waals surface area contributed by atoms with Crippen LogP contribution in [0.5, 0.6) is 0 Å². The Morgan fingerprint density at radius 1 is 1.19 bits per heavy atom. The highest BCUT2D eigenvalue weighted by atomic mass is 32.1. The zero-order valence-corrected chi connectivity index (χ0v) is 16.5. The molecule has 0 aliphatic carbocycles. The predicted octanol–water partition coefficient (Wildman–Crippen LogP) is 3.45. The minimum Gasteiger partial charge on any atom is -0.358 e. The highest BCUT2D eigenvalue weighted by molar-refractivity contribution is 7.11. The smallest absolute Gasteiger partial charge is 0.191 e. The van der Waals surface area contributed by atoms with Crippen molar-refractivity contribution in [3.8, 4) is 0 Å². The van der Waals surface area contributed by atoms with Crippen LogP contribution in [0.15, 0.2) is 35.5 Å². The number of hydrogen-bond acceptors (Lipinski definition) is 3. The molecule has 0 aliphatic heterocycles. The van der Waals surface area contributed by atoms with E-state index in [1.807, 2.05) is 13.2 Å². The standard InChI is InChI=1S/C20H27N5S/c1-4-15-13-24-19(26-15)10-12-23-20(21-3)22-11-9-16-14(2)25-18-8-6-5-7-17(16)18/h5-8,13,25H,4,9-12H2,1-3H3,(H2,21,22,23). The van der Waals surface area contributed by atoms with Crippen LogP contribution >= 0.6 is 11.3 Å². The molecule has 0 amide bonds. The van der Waals surface area contributed by atoms with Crippen molar-refractivity contribution in [1.82, 2.24) is 20.6 Å². The van der Waals surface area contributed by atoms with Crippen LogP contribution in [-0.4, -0.2) is 36.1 Å². The second-order valence-electron chi connectivity index (χ2n) is 6.27. The molecule has 3 N–H and O–H groups in total. The summed E-state index contributed by atoms with van der Waals surface area (Å²) < 4.78 is 0. The number of para-hydroxylation sites is 1. The van der Waals surface area contributed by atoms with Gasteiger partial charge < -0.3 is 15.6 Å². The Morgan fingerprint density at radius 2 is 1.96 bits per heavy atom. The molecule has 0 saturated carbocycles. The van der Waals surface area contributed by atoms with E-state index in [9.17, 15) is 0 Å². The summed E-state index contributed by atoms with van der Waals surface area (Å²) in [5.74, 6) is 0.842. The number of fused-ring (bicyclic) bond motifs is 1. The minimum absolute atomic E-state index is 0.836. The van der Waals surface area contributed by atoms with E-state index >= 15 is 0 Å². The fourth-order valence-corrected chi connectivity index (χ4v) is 3.96. The number of aryl methyl sites for hydroxylation is 2. The van der Waals surface area contributed by atoms with Crippen molar-refractivity contribution >= 4 is 28.2 Å². The van der Waals surface area contributed by atoms with Crippen molar-refractivity contribution in [1.29, 1.82) is 0 Å². The molecule has 0 spiro atoms. The summed E-state index contributed by atoms with van der Waals surface area (Å²) in [4.78, 5) is 13.6. The number of aliphatic imine (C=N–C) groups is 1. The average molecular weight is 370 g/mol. The van der Waals surface area contributed by atoms with Crippen LogP contribution in [-0.2, 0) is 19.3 Å². The van der Waals surface area contributed by atoms with E-state index in [1.165, 1.54) is 32.0 Å². The number of benzene rings is 1. The average Bonchev–Trinajstić information content (AvgIpc) is 3.24. The molecule has 5 nitrogen and oxygen atoms in total. The van der Waals surface area contributed by atoms with Gasteiger partial charge in [0.25, 0.3) is 0 Å². The first-order valence-corrected chi connectivity index (χ1v) is 9.97. The van der Waals surface area contributed by atoms with Gasteiger partial charge in [0, 0.05) is 54.2 Å². The van der Waals surface area contributed by atoms with Crippen LogP contribution in [0.1, 0.15) is 28.1 Å². The minimum atomic E-state index is 0.836. The second-order valence-corrected chi connectivity index (χ2v) is 7.47. The molecule has 0 bridgehead atoms. The van der Waals surface area contributed by atoms with Crippen LogP contribution in [0.3, 0.4) is 0 Å². The molecule has 0 saturated heterocycles. The summed E-state index contributed by atoms with van der Waals surface area (Å²) in [5, 5.41) is 9.28. The number of rotatable bonds is 7. The lowest BCUT2D eigenvalue weighted by molar-refractivity contribution is 0.782. The molecule has 26 heavy (non-hydrogen) atoms. The van der Waals surface area contributed by atoms with E-state index in [4.69, 9.17) is 0 Å². The van der Waals surface area contributed by atoms with E-state index in [2.05, 4.69) is 63.7 Å². The first kappa shape index (κ1) is 18.5. The van der Waals surface area contributed by atoms with E-state index in [-0.39, 0.29) is 0 Å². The van der Waals surface area contributed by atoms with Gasteiger partial charge in [0.1, 0.15) is 0 Å². The van der Waals surface area contributed by atoms with Crippen molar-refractivity contribution in [2.45, 2.75) is 33.1 Å². The van der Waals surface area contributed by atoms with Crippen molar-refractivity contribution in [3.63, 3.8) is 0 Å². The van der Waals surface area contributed by atoms with Crippen LogP contribution < -0.4 is 10.6 Å². The summed E-state index contributed by atoms with van der Waals surface area (Å²) >= 11 is 1.80. The molecule has 3 aromatic rings. The lowest BCUT2D eigenvalue weighted by atomic mass is 10.1. The molecule has 6 heteroatoms. The third kappa shape index (κ3) is 4.43. The molecule has 1 aromatic carbocycles. The summed E-state index contributed by atoms with van der Waals surface area (Å²) in [6.45, 7) is 5.99. The maximum absolute atomic E-state index is 4.46. The molecule has 138 valence electrons. The summed E-state index contributed by atoms with van der Waals surface area (Å²) in [5.41, 5.74) is 3.82. The molecule has 0 aliphatic rings. The molecule has 0 radical (unpaired) electrons. The van der Waals surface area contributed by atoms with Gasteiger partial charge in [-0.15, -0.1) is 11.3 Å². The third-order valence-corrected chi connectivity index (χ3v) is 5.70. The van der Waals surface area contributed by atoms with Crippen LogP contribution in [0.25, 0.3) is 10.9 Å². The molecule has 2 aromatic heterocycles. The number of aromatic nitrogens is 2. The van der Waals surface area contributed by atoms with Crippen LogP contribution in [0.2, 0.25) is 0 Å². The number of H-pyrrole nitrogens is 1.